The van der Waals surface area contributed by atoms with Gasteiger partial charge in [0, 0.05) is 19.3 Å². The van der Waals surface area contributed by atoms with Crippen molar-refractivity contribution in [1.82, 2.24) is 0 Å². The van der Waals surface area contributed by atoms with Crippen molar-refractivity contribution < 1.29 is 28.6 Å². The third kappa shape index (κ3) is 47.3. The SMILES string of the molecule is CCCCCCCCCCCCCCCCCC(=O)OC[C@H](COC(=O)CCCCCCCCCCCCCC)OC(=O)CCCCCCCCCCCCCC(C)C. The third-order valence-electron chi connectivity index (χ3n) is 12.0. The lowest BCUT2D eigenvalue weighted by molar-refractivity contribution is -0.167. The fraction of sp³-hybridized carbons (Fsp3) is 0.943. The van der Waals surface area contributed by atoms with E-state index in [1.165, 1.54) is 193 Å². The van der Waals surface area contributed by atoms with Crippen LogP contribution in [0, 0.1) is 5.92 Å². The topological polar surface area (TPSA) is 78.9 Å². The third-order valence-corrected chi connectivity index (χ3v) is 12.0. The van der Waals surface area contributed by atoms with Crippen LogP contribution in [0.5, 0.6) is 0 Å². The Morgan fingerprint density at radius 1 is 0.322 bits per heavy atom. The molecule has 0 bridgehead atoms. The van der Waals surface area contributed by atoms with E-state index in [4.69, 9.17) is 14.2 Å². The fourth-order valence-corrected chi connectivity index (χ4v) is 8.04. The summed E-state index contributed by atoms with van der Waals surface area (Å²) in [4.78, 5) is 37.9. The number of carbonyl (C=O) groups excluding carboxylic acids is 3. The van der Waals surface area contributed by atoms with Crippen molar-refractivity contribution in [3.05, 3.63) is 0 Å². The van der Waals surface area contributed by atoms with Crippen LogP contribution in [-0.4, -0.2) is 37.2 Å². The molecule has 0 aromatic rings. The van der Waals surface area contributed by atoms with Crippen molar-refractivity contribution in [2.45, 2.75) is 303 Å². The fourth-order valence-electron chi connectivity index (χ4n) is 8.04. The van der Waals surface area contributed by atoms with Gasteiger partial charge in [0.15, 0.2) is 6.10 Å². The number of unbranched alkanes of at least 4 members (excludes halogenated alkanes) is 35. The van der Waals surface area contributed by atoms with Crippen molar-refractivity contribution in [2.75, 3.05) is 13.2 Å². The zero-order valence-electron chi connectivity index (χ0n) is 40.2. The molecule has 0 saturated heterocycles. The van der Waals surface area contributed by atoms with Crippen molar-refractivity contribution in [3.8, 4) is 0 Å². The van der Waals surface area contributed by atoms with Gasteiger partial charge in [0.05, 0.1) is 0 Å². The highest BCUT2D eigenvalue weighted by atomic mass is 16.6. The molecule has 0 N–H and O–H groups in total. The lowest BCUT2D eigenvalue weighted by Crippen LogP contribution is -2.30. The van der Waals surface area contributed by atoms with E-state index in [0.717, 1.165) is 63.7 Å². The number of hydrogen-bond donors (Lipinski definition) is 0. The summed E-state index contributed by atoms with van der Waals surface area (Å²) in [5.74, 6) is -0.0179. The Morgan fingerprint density at radius 3 is 0.831 bits per heavy atom. The Bertz CT molecular complexity index is 887. The summed E-state index contributed by atoms with van der Waals surface area (Å²) >= 11 is 0. The summed E-state index contributed by atoms with van der Waals surface area (Å²) in [7, 11) is 0. The predicted molar refractivity (Wildman–Crippen MR) is 252 cm³/mol. The quantitative estimate of drug-likeness (QED) is 0.0345. The summed E-state index contributed by atoms with van der Waals surface area (Å²) in [6.45, 7) is 9.03. The van der Waals surface area contributed by atoms with Gasteiger partial charge in [-0.2, -0.15) is 0 Å². The largest absolute Gasteiger partial charge is 0.462 e. The normalized spacial score (nSPS) is 11.9. The first-order chi connectivity index (χ1) is 28.9. The Kier molecular flexibility index (Phi) is 46.2. The smallest absolute Gasteiger partial charge is 0.306 e. The molecule has 350 valence electrons. The molecule has 0 radical (unpaired) electrons. The first-order valence-electron chi connectivity index (χ1n) is 26.4. The van der Waals surface area contributed by atoms with E-state index >= 15 is 0 Å². The van der Waals surface area contributed by atoms with Crippen LogP contribution < -0.4 is 0 Å². The average Bonchev–Trinajstić information content (AvgIpc) is 3.22. The van der Waals surface area contributed by atoms with Crippen molar-refractivity contribution >= 4 is 17.9 Å². The summed E-state index contributed by atoms with van der Waals surface area (Å²) in [5.41, 5.74) is 0. The van der Waals surface area contributed by atoms with Crippen molar-refractivity contribution in [2.24, 2.45) is 5.92 Å². The van der Waals surface area contributed by atoms with Crippen LogP contribution in [0.15, 0.2) is 0 Å². The Balaban J connectivity index is 4.30. The van der Waals surface area contributed by atoms with E-state index in [1.54, 1.807) is 0 Å². The van der Waals surface area contributed by atoms with Gasteiger partial charge in [0.1, 0.15) is 13.2 Å². The monoisotopic (exact) mass is 835 g/mol. The van der Waals surface area contributed by atoms with E-state index in [2.05, 4.69) is 27.7 Å². The molecule has 0 fully saturated rings. The van der Waals surface area contributed by atoms with Crippen LogP contribution in [0.3, 0.4) is 0 Å². The lowest BCUT2D eigenvalue weighted by atomic mass is 10.0. The lowest BCUT2D eigenvalue weighted by Gasteiger charge is -2.18. The van der Waals surface area contributed by atoms with Gasteiger partial charge in [-0.3, -0.25) is 14.4 Å². The van der Waals surface area contributed by atoms with E-state index in [9.17, 15) is 14.4 Å². The number of ether oxygens (including phenoxy) is 3. The molecule has 0 unspecified atom stereocenters. The van der Waals surface area contributed by atoms with E-state index in [-0.39, 0.29) is 31.1 Å². The second kappa shape index (κ2) is 47.5. The van der Waals surface area contributed by atoms with Crippen LogP contribution in [-0.2, 0) is 28.6 Å². The Hall–Kier alpha value is -1.59. The summed E-state index contributed by atoms with van der Waals surface area (Å²) < 4.78 is 16.8. The number of esters is 3. The highest BCUT2D eigenvalue weighted by molar-refractivity contribution is 5.71. The first kappa shape index (κ1) is 57.4. The maximum Gasteiger partial charge on any atom is 0.306 e. The molecule has 0 rings (SSSR count). The standard InChI is InChI=1S/C53H102O6/c1-5-7-9-11-13-15-17-19-20-21-25-29-33-37-41-45-52(55)58-48-50(47-57-51(54)44-40-36-32-28-24-18-16-14-12-10-8-6-2)59-53(56)46-42-38-34-30-26-22-23-27-31-35-39-43-49(3)4/h49-50H,5-48H2,1-4H3/t50-/m0/s1. The van der Waals surface area contributed by atoms with Gasteiger partial charge < -0.3 is 14.2 Å². The molecule has 6 nitrogen and oxygen atoms in total. The average molecular weight is 835 g/mol. The van der Waals surface area contributed by atoms with Gasteiger partial charge >= 0.3 is 17.9 Å². The molecular formula is C53H102O6. The number of hydrogen-bond acceptors (Lipinski definition) is 6. The number of rotatable bonds is 48. The maximum absolute atomic E-state index is 12.8. The van der Waals surface area contributed by atoms with Crippen molar-refractivity contribution in [3.63, 3.8) is 0 Å². The van der Waals surface area contributed by atoms with Gasteiger partial charge in [0.2, 0.25) is 0 Å². The molecule has 0 aliphatic rings. The molecular weight excluding hydrogens is 733 g/mol. The Labute approximate surface area is 368 Å². The van der Waals surface area contributed by atoms with E-state index in [1.807, 2.05) is 0 Å². The van der Waals surface area contributed by atoms with Crippen molar-refractivity contribution in [1.29, 1.82) is 0 Å². The Morgan fingerprint density at radius 2 is 0.559 bits per heavy atom. The zero-order valence-corrected chi connectivity index (χ0v) is 40.2. The second-order valence-electron chi connectivity index (χ2n) is 18.6. The number of carbonyl (C=O) groups is 3. The van der Waals surface area contributed by atoms with Crippen LogP contribution in [0.1, 0.15) is 297 Å². The molecule has 0 amide bonds. The van der Waals surface area contributed by atoms with Crippen LogP contribution in [0.25, 0.3) is 0 Å². The molecule has 1 atom stereocenters. The van der Waals surface area contributed by atoms with Gasteiger partial charge in [-0.1, -0.05) is 259 Å². The molecule has 0 aliphatic carbocycles. The van der Waals surface area contributed by atoms with E-state index in [0.29, 0.717) is 19.3 Å². The minimum atomic E-state index is -0.760. The highest BCUT2D eigenvalue weighted by Crippen LogP contribution is 2.17. The maximum atomic E-state index is 12.8. The predicted octanol–water partition coefficient (Wildman–Crippen LogP) is 17.1. The highest BCUT2D eigenvalue weighted by Gasteiger charge is 2.19. The molecule has 0 aromatic carbocycles. The van der Waals surface area contributed by atoms with Gasteiger partial charge in [0.25, 0.3) is 0 Å². The molecule has 0 aromatic heterocycles. The van der Waals surface area contributed by atoms with Crippen LogP contribution in [0.2, 0.25) is 0 Å². The van der Waals surface area contributed by atoms with Crippen LogP contribution >= 0.6 is 0 Å². The summed E-state index contributed by atoms with van der Waals surface area (Å²) in [6, 6.07) is 0. The first-order valence-corrected chi connectivity index (χ1v) is 26.4. The summed E-state index contributed by atoms with van der Waals surface area (Å²) in [5, 5.41) is 0. The minimum Gasteiger partial charge on any atom is -0.462 e. The van der Waals surface area contributed by atoms with Gasteiger partial charge in [-0.25, -0.2) is 0 Å². The minimum absolute atomic E-state index is 0.0626. The summed E-state index contributed by atoms with van der Waals surface area (Å²) in [6.07, 6.45) is 49.4. The molecule has 0 heterocycles. The second-order valence-corrected chi connectivity index (χ2v) is 18.6. The van der Waals surface area contributed by atoms with Gasteiger partial charge in [-0.05, 0) is 25.2 Å². The molecule has 0 aliphatic heterocycles. The molecule has 6 heteroatoms. The molecule has 0 saturated carbocycles. The van der Waals surface area contributed by atoms with E-state index < -0.39 is 6.10 Å². The zero-order chi connectivity index (χ0) is 43.1. The van der Waals surface area contributed by atoms with Gasteiger partial charge in [-0.15, -0.1) is 0 Å². The van der Waals surface area contributed by atoms with Crippen LogP contribution in [0.4, 0.5) is 0 Å². The molecule has 0 spiro atoms. The molecule has 59 heavy (non-hydrogen) atoms.